The minimum Gasteiger partial charge on any atom is -0.497 e. The van der Waals surface area contributed by atoms with Crippen molar-refractivity contribution < 1.29 is 14.3 Å². The Hall–Kier alpha value is -4.51. The maximum atomic E-state index is 14.5. The first kappa shape index (κ1) is 23.6. The Morgan fingerprint density at radius 3 is 2.08 bits per heavy atom. The average Bonchev–Trinajstić information content (AvgIpc) is 3.26. The summed E-state index contributed by atoms with van der Waals surface area (Å²) in [5.74, 6) is -0.972. The number of carbonyl (C=O) groups is 2. The van der Waals surface area contributed by atoms with Crippen LogP contribution in [0.1, 0.15) is 40.7 Å². The van der Waals surface area contributed by atoms with Gasteiger partial charge < -0.3 is 4.74 Å². The molecule has 0 unspecified atom stereocenters. The summed E-state index contributed by atoms with van der Waals surface area (Å²) in [7, 11) is 1.60. The topological polar surface area (TPSA) is 59.0 Å². The molecule has 0 spiro atoms. The highest BCUT2D eigenvalue weighted by Gasteiger charge is 2.67. The van der Waals surface area contributed by atoms with Crippen molar-refractivity contribution in [1.29, 1.82) is 0 Å². The SMILES string of the molecule is CCc1ccccc1N=CC12c3ccccc3C(c3ccccc31)[C@@H]1C(=O)N(c3ccc(OC)cc3)C(=O)[C@H]12. The number of benzene rings is 4. The van der Waals surface area contributed by atoms with Gasteiger partial charge >= 0.3 is 0 Å². The summed E-state index contributed by atoms with van der Waals surface area (Å²) in [4.78, 5) is 35.2. The number of ether oxygens (including phenoxy) is 1. The van der Waals surface area contributed by atoms with Crippen molar-refractivity contribution in [3.8, 4) is 5.75 Å². The maximum absolute atomic E-state index is 14.5. The molecule has 192 valence electrons. The molecule has 1 saturated heterocycles. The minimum absolute atomic E-state index is 0.157. The van der Waals surface area contributed by atoms with Crippen LogP contribution < -0.4 is 9.64 Å². The predicted octanol–water partition coefficient (Wildman–Crippen LogP) is 6.21. The molecule has 4 aromatic carbocycles. The molecular formula is C34H28N2O3. The van der Waals surface area contributed by atoms with Gasteiger partial charge in [-0.25, -0.2) is 4.90 Å². The van der Waals surface area contributed by atoms with Gasteiger partial charge in [0.1, 0.15) is 5.75 Å². The molecule has 1 fully saturated rings. The Kier molecular flexibility index (Phi) is 5.31. The van der Waals surface area contributed by atoms with Crippen molar-refractivity contribution in [1.82, 2.24) is 0 Å². The fourth-order valence-corrected chi connectivity index (χ4v) is 7.14. The fourth-order valence-electron chi connectivity index (χ4n) is 7.14. The number of rotatable bonds is 5. The largest absolute Gasteiger partial charge is 0.497 e. The van der Waals surface area contributed by atoms with Crippen LogP contribution in [0.5, 0.6) is 5.75 Å². The monoisotopic (exact) mass is 512 g/mol. The van der Waals surface area contributed by atoms with E-state index in [0.717, 1.165) is 39.9 Å². The number of carbonyl (C=O) groups excluding carboxylic acids is 2. The van der Waals surface area contributed by atoms with Crippen LogP contribution in [0.3, 0.4) is 0 Å². The summed E-state index contributed by atoms with van der Waals surface area (Å²) >= 11 is 0. The highest BCUT2D eigenvalue weighted by Crippen LogP contribution is 2.63. The molecule has 0 N–H and O–H groups in total. The quantitative estimate of drug-likeness (QED) is 0.236. The molecule has 2 atom stereocenters. The number of anilines is 1. The molecule has 1 aliphatic heterocycles. The standard InChI is InChI=1S/C34H28N2O3/c1-3-21-10-4-9-15-28(21)35-20-34-26-13-7-5-11-24(26)29(25-12-6-8-14-27(25)34)30-31(34)33(38)36(32(30)37)22-16-18-23(39-2)19-17-22/h4-20,29-31H,3H2,1-2H3/t29?,30-,31-,34?/m0/s1. The Balaban J connectivity index is 1.48. The Morgan fingerprint density at radius 2 is 1.44 bits per heavy atom. The van der Waals surface area contributed by atoms with Gasteiger partial charge in [0.05, 0.1) is 35.7 Å². The van der Waals surface area contributed by atoms with Crippen LogP contribution in [0.2, 0.25) is 0 Å². The second kappa shape index (κ2) is 8.77. The van der Waals surface area contributed by atoms with Crippen LogP contribution in [0, 0.1) is 11.8 Å². The van der Waals surface area contributed by atoms with Crippen molar-refractivity contribution in [3.05, 3.63) is 125 Å². The lowest BCUT2D eigenvalue weighted by atomic mass is 9.47. The van der Waals surface area contributed by atoms with E-state index < -0.39 is 17.3 Å². The number of aliphatic imine (C=N–C) groups is 1. The molecule has 2 bridgehead atoms. The number of aryl methyl sites for hydroxylation is 1. The molecule has 3 aliphatic carbocycles. The van der Waals surface area contributed by atoms with Crippen LogP contribution in [-0.4, -0.2) is 25.1 Å². The zero-order valence-electron chi connectivity index (χ0n) is 21.9. The van der Waals surface area contributed by atoms with Gasteiger partial charge in [-0.1, -0.05) is 73.7 Å². The molecule has 8 rings (SSSR count). The van der Waals surface area contributed by atoms with Crippen LogP contribution in [0.25, 0.3) is 0 Å². The van der Waals surface area contributed by atoms with Gasteiger partial charge in [0.15, 0.2) is 0 Å². The Labute approximate surface area is 227 Å². The van der Waals surface area contributed by atoms with Gasteiger partial charge in [0, 0.05) is 12.1 Å². The second-order valence-corrected chi connectivity index (χ2v) is 10.5. The molecular weight excluding hydrogens is 484 g/mol. The first-order chi connectivity index (χ1) is 19.1. The summed E-state index contributed by atoms with van der Waals surface area (Å²) in [6.07, 6.45) is 2.82. The average molecular weight is 513 g/mol. The lowest BCUT2D eigenvalue weighted by Crippen LogP contribution is -2.54. The smallest absolute Gasteiger partial charge is 0.239 e. The minimum atomic E-state index is -0.874. The lowest BCUT2D eigenvalue weighted by molar-refractivity contribution is -0.122. The van der Waals surface area contributed by atoms with Gasteiger partial charge in [-0.2, -0.15) is 0 Å². The summed E-state index contributed by atoms with van der Waals surface area (Å²) in [5, 5.41) is 0. The zero-order chi connectivity index (χ0) is 26.7. The van der Waals surface area contributed by atoms with E-state index in [9.17, 15) is 9.59 Å². The van der Waals surface area contributed by atoms with Crippen LogP contribution in [0.4, 0.5) is 11.4 Å². The highest BCUT2D eigenvalue weighted by atomic mass is 16.5. The number of hydrogen-bond acceptors (Lipinski definition) is 4. The number of hydrogen-bond donors (Lipinski definition) is 0. The second-order valence-electron chi connectivity index (χ2n) is 10.5. The fraction of sp³-hybridized carbons (Fsp3) is 0.206. The Bertz CT molecular complexity index is 1610. The number of nitrogens with zero attached hydrogens (tertiary/aromatic N) is 2. The summed E-state index contributed by atoms with van der Waals surface area (Å²) in [6, 6.07) is 31.8. The molecule has 0 saturated carbocycles. The summed E-state index contributed by atoms with van der Waals surface area (Å²) < 4.78 is 5.31. The Morgan fingerprint density at radius 1 is 0.821 bits per heavy atom. The van der Waals surface area contributed by atoms with E-state index in [1.165, 1.54) is 4.90 Å². The zero-order valence-corrected chi connectivity index (χ0v) is 21.9. The molecule has 1 heterocycles. The lowest BCUT2D eigenvalue weighted by Gasteiger charge is -2.52. The third-order valence-corrected chi connectivity index (χ3v) is 8.79. The first-order valence-electron chi connectivity index (χ1n) is 13.4. The van der Waals surface area contributed by atoms with E-state index in [-0.39, 0.29) is 17.7 Å². The summed E-state index contributed by atoms with van der Waals surface area (Å²) in [6.45, 7) is 2.12. The van der Waals surface area contributed by atoms with E-state index in [0.29, 0.717) is 11.4 Å². The maximum Gasteiger partial charge on any atom is 0.239 e. The molecule has 4 aromatic rings. The van der Waals surface area contributed by atoms with Gasteiger partial charge in [-0.15, -0.1) is 0 Å². The third kappa shape index (κ3) is 3.16. The van der Waals surface area contributed by atoms with Gasteiger partial charge in [-0.05, 0) is 64.6 Å². The van der Waals surface area contributed by atoms with Crippen molar-refractivity contribution in [2.75, 3.05) is 12.0 Å². The number of para-hydroxylation sites is 1. The molecule has 2 amide bonds. The van der Waals surface area contributed by atoms with Gasteiger partial charge in [-0.3, -0.25) is 14.6 Å². The van der Waals surface area contributed by atoms with Gasteiger partial charge in [0.2, 0.25) is 11.8 Å². The highest BCUT2D eigenvalue weighted by molar-refractivity contribution is 6.25. The number of imide groups is 1. The van der Waals surface area contributed by atoms with Crippen molar-refractivity contribution in [3.63, 3.8) is 0 Å². The molecule has 0 aromatic heterocycles. The van der Waals surface area contributed by atoms with Crippen molar-refractivity contribution >= 4 is 29.4 Å². The van der Waals surface area contributed by atoms with Crippen molar-refractivity contribution in [2.24, 2.45) is 16.8 Å². The van der Waals surface area contributed by atoms with Crippen LogP contribution in [0.15, 0.2) is 102 Å². The molecule has 5 heteroatoms. The molecule has 5 nitrogen and oxygen atoms in total. The van der Waals surface area contributed by atoms with E-state index in [4.69, 9.17) is 9.73 Å². The first-order valence-corrected chi connectivity index (χ1v) is 13.4. The number of amides is 2. The predicted molar refractivity (Wildman–Crippen MR) is 152 cm³/mol. The van der Waals surface area contributed by atoms with Crippen molar-refractivity contribution in [2.45, 2.75) is 24.7 Å². The van der Waals surface area contributed by atoms with E-state index in [2.05, 4.69) is 37.3 Å². The van der Waals surface area contributed by atoms with E-state index >= 15 is 0 Å². The normalized spacial score (nSPS) is 24.6. The summed E-state index contributed by atoms with van der Waals surface area (Å²) in [5.41, 5.74) is 6.04. The molecule has 4 aliphatic rings. The van der Waals surface area contributed by atoms with E-state index in [1.54, 1.807) is 31.4 Å². The van der Waals surface area contributed by atoms with Crippen LogP contribution in [-0.2, 0) is 21.4 Å². The molecule has 39 heavy (non-hydrogen) atoms. The third-order valence-electron chi connectivity index (χ3n) is 8.79. The van der Waals surface area contributed by atoms with E-state index in [1.807, 2.05) is 48.7 Å². The van der Waals surface area contributed by atoms with Crippen LogP contribution >= 0.6 is 0 Å². The molecule has 0 radical (unpaired) electrons. The number of methoxy groups -OCH3 is 1. The van der Waals surface area contributed by atoms with Gasteiger partial charge in [0.25, 0.3) is 0 Å².